The van der Waals surface area contributed by atoms with Crippen LogP contribution in [0, 0.1) is 11.3 Å². The molecule has 0 saturated carbocycles. The molecular weight excluding hydrogens is 594 g/mol. The van der Waals surface area contributed by atoms with Gasteiger partial charge in [-0.1, -0.05) is 18.2 Å². The third-order valence-corrected chi connectivity index (χ3v) is 6.77. The first-order chi connectivity index (χ1) is 22.3. The van der Waals surface area contributed by atoms with Crippen LogP contribution in [-0.4, -0.2) is 57.0 Å². The number of ether oxygens (including phenoxy) is 5. The molecule has 240 valence electrons. The van der Waals surface area contributed by atoms with Crippen molar-refractivity contribution < 1.29 is 38.4 Å². The minimum Gasteiger partial charge on any atom is -0.493 e. The van der Waals surface area contributed by atoms with Crippen molar-refractivity contribution in [1.82, 2.24) is 16.1 Å². The fraction of sp³-hybridized carbons (Fsp3) is 0.273. The highest BCUT2D eigenvalue weighted by atomic mass is 16.5. The Balaban J connectivity index is 1.35. The van der Waals surface area contributed by atoms with Crippen LogP contribution in [0.1, 0.15) is 42.1 Å². The third-order valence-electron chi connectivity index (χ3n) is 6.77. The zero-order valence-corrected chi connectivity index (χ0v) is 25.8. The SMILES string of the molecule is CCOc1cc([C@H]2NC(=O)NC(C)=C2C(=O)OC)ccc1OC[C@H](O)N/N=C/c1ccc(OCc2ccc(C#N)cc2)c(OC)c1. The monoisotopic (exact) mass is 629 g/mol. The molecule has 13 heteroatoms. The lowest BCUT2D eigenvalue weighted by Gasteiger charge is -2.28. The van der Waals surface area contributed by atoms with Crippen molar-refractivity contribution in [2.75, 3.05) is 27.4 Å². The van der Waals surface area contributed by atoms with Crippen molar-refractivity contribution in [3.63, 3.8) is 0 Å². The van der Waals surface area contributed by atoms with E-state index in [0.29, 0.717) is 58.6 Å². The number of allylic oxidation sites excluding steroid dienone is 1. The van der Waals surface area contributed by atoms with E-state index in [9.17, 15) is 14.7 Å². The van der Waals surface area contributed by atoms with E-state index >= 15 is 0 Å². The van der Waals surface area contributed by atoms with Crippen LogP contribution in [-0.2, 0) is 16.1 Å². The van der Waals surface area contributed by atoms with Crippen LogP contribution in [0.2, 0.25) is 0 Å². The predicted molar refractivity (Wildman–Crippen MR) is 167 cm³/mol. The van der Waals surface area contributed by atoms with Gasteiger partial charge in [-0.3, -0.25) is 5.43 Å². The van der Waals surface area contributed by atoms with E-state index in [1.807, 2.05) is 12.1 Å². The maximum Gasteiger partial charge on any atom is 0.337 e. The Morgan fingerprint density at radius 1 is 1.04 bits per heavy atom. The van der Waals surface area contributed by atoms with Gasteiger partial charge in [-0.25, -0.2) is 9.59 Å². The summed E-state index contributed by atoms with van der Waals surface area (Å²) in [6.45, 7) is 3.89. The van der Waals surface area contributed by atoms with Gasteiger partial charge in [0, 0.05) is 5.70 Å². The molecule has 1 heterocycles. The maximum atomic E-state index is 12.4. The molecule has 0 spiro atoms. The van der Waals surface area contributed by atoms with Crippen molar-refractivity contribution in [1.29, 1.82) is 5.26 Å². The van der Waals surface area contributed by atoms with Gasteiger partial charge in [-0.05, 0) is 73.0 Å². The number of urea groups is 1. The highest BCUT2D eigenvalue weighted by molar-refractivity contribution is 5.95. The molecule has 0 radical (unpaired) electrons. The summed E-state index contributed by atoms with van der Waals surface area (Å²) in [5, 5.41) is 28.8. The lowest BCUT2D eigenvalue weighted by molar-refractivity contribution is -0.136. The quantitative estimate of drug-likeness (QED) is 0.0892. The number of methoxy groups -OCH3 is 2. The first kappa shape index (κ1) is 33.2. The molecule has 0 unspecified atom stereocenters. The van der Waals surface area contributed by atoms with Gasteiger partial charge in [0.15, 0.2) is 29.2 Å². The van der Waals surface area contributed by atoms with Gasteiger partial charge in [0.2, 0.25) is 0 Å². The Kier molecular flexibility index (Phi) is 11.4. The summed E-state index contributed by atoms with van der Waals surface area (Å²) in [5.41, 5.74) is 6.02. The highest BCUT2D eigenvalue weighted by Gasteiger charge is 2.32. The first-order valence-electron chi connectivity index (χ1n) is 14.3. The smallest absolute Gasteiger partial charge is 0.337 e. The van der Waals surface area contributed by atoms with Crippen LogP contribution in [0.4, 0.5) is 4.79 Å². The standard InChI is InChI=1S/C33H35N5O8/c1-5-44-28-15-24(31-30(32(40)43-4)20(2)36-33(41)37-31)11-13-26(28)46-19-29(39)38-35-17-23-10-12-25(27(14-23)42-3)45-18-22-8-6-21(16-34)7-9-22/h6-15,17,29,31,38-39H,5,18-19H2,1-4H3,(H2,36,37,41)/b35-17+/t29-,31+/m0/s1. The van der Waals surface area contributed by atoms with Crippen molar-refractivity contribution in [3.05, 3.63) is 94.2 Å². The summed E-state index contributed by atoms with van der Waals surface area (Å²) in [4.78, 5) is 24.6. The zero-order valence-electron chi connectivity index (χ0n) is 25.8. The normalized spacial score (nSPS) is 14.9. The van der Waals surface area contributed by atoms with Crippen LogP contribution in [0.25, 0.3) is 0 Å². The summed E-state index contributed by atoms with van der Waals surface area (Å²) in [6.07, 6.45) is 0.348. The van der Waals surface area contributed by atoms with Crippen LogP contribution in [0.15, 0.2) is 77.0 Å². The lowest BCUT2D eigenvalue weighted by atomic mass is 9.95. The highest BCUT2D eigenvalue weighted by Crippen LogP contribution is 2.35. The Morgan fingerprint density at radius 2 is 1.78 bits per heavy atom. The number of hydrazone groups is 1. The van der Waals surface area contributed by atoms with Gasteiger partial charge in [0.1, 0.15) is 13.2 Å². The number of hydrogen-bond donors (Lipinski definition) is 4. The number of nitriles is 1. The minimum atomic E-state index is -1.16. The van der Waals surface area contributed by atoms with Crippen molar-refractivity contribution in [2.45, 2.75) is 32.7 Å². The number of aliphatic hydroxyl groups is 1. The third kappa shape index (κ3) is 8.46. The van der Waals surface area contributed by atoms with E-state index in [2.05, 4.69) is 27.2 Å². The summed E-state index contributed by atoms with van der Waals surface area (Å²) in [5.74, 6) is 1.17. The fourth-order valence-electron chi connectivity index (χ4n) is 4.54. The van der Waals surface area contributed by atoms with Gasteiger partial charge < -0.3 is 39.4 Å². The summed E-state index contributed by atoms with van der Waals surface area (Å²) < 4.78 is 27.8. The van der Waals surface area contributed by atoms with E-state index < -0.39 is 24.3 Å². The second-order valence-electron chi connectivity index (χ2n) is 9.92. The minimum absolute atomic E-state index is 0.168. The average molecular weight is 630 g/mol. The largest absolute Gasteiger partial charge is 0.493 e. The van der Waals surface area contributed by atoms with Crippen molar-refractivity contribution in [3.8, 4) is 29.1 Å². The molecule has 0 saturated heterocycles. The van der Waals surface area contributed by atoms with Gasteiger partial charge >= 0.3 is 12.0 Å². The van der Waals surface area contributed by atoms with E-state index in [1.165, 1.54) is 20.4 Å². The number of carbonyl (C=O) groups excluding carboxylic acids is 2. The number of nitrogens with one attached hydrogen (secondary N) is 3. The Labute approximate surface area is 266 Å². The summed E-state index contributed by atoms with van der Waals surface area (Å²) in [6, 6.07) is 18.2. The first-order valence-corrected chi connectivity index (χ1v) is 14.3. The number of carbonyl (C=O) groups is 2. The predicted octanol–water partition coefficient (Wildman–Crippen LogP) is 3.67. The molecule has 13 nitrogen and oxygen atoms in total. The van der Waals surface area contributed by atoms with E-state index in [0.717, 1.165) is 5.56 Å². The molecule has 2 amide bonds. The average Bonchev–Trinajstić information content (AvgIpc) is 3.06. The molecule has 1 aliphatic rings. The van der Waals surface area contributed by atoms with Gasteiger partial charge in [0.25, 0.3) is 0 Å². The Bertz CT molecular complexity index is 1650. The number of amides is 2. The number of esters is 1. The molecule has 0 aromatic heterocycles. The zero-order chi connectivity index (χ0) is 33.1. The molecule has 3 aromatic carbocycles. The van der Waals surface area contributed by atoms with Gasteiger partial charge in [-0.15, -0.1) is 0 Å². The summed E-state index contributed by atoms with van der Waals surface area (Å²) in [7, 11) is 2.80. The number of benzene rings is 3. The Morgan fingerprint density at radius 3 is 2.48 bits per heavy atom. The molecule has 1 aliphatic heterocycles. The number of hydrogen-bond acceptors (Lipinski definition) is 11. The van der Waals surface area contributed by atoms with Crippen molar-refractivity contribution in [2.24, 2.45) is 5.10 Å². The lowest BCUT2D eigenvalue weighted by Crippen LogP contribution is -2.45. The van der Waals surface area contributed by atoms with Crippen LogP contribution >= 0.6 is 0 Å². The second-order valence-corrected chi connectivity index (χ2v) is 9.92. The van der Waals surface area contributed by atoms with Gasteiger partial charge in [0.05, 0.1) is 50.3 Å². The topological polar surface area (TPSA) is 173 Å². The maximum absolute atomic E-state index is 12.4. The van der Waals surface area contributed by atoms with Crippen LogP contribution in [0.5, 0.6) is 23.0 Å². The molecule has 2 atom stereocenters. The molecule has 46 heavy (non-hydrogen) atoms. The molecule has 0 bridgehead atoms. The van der Waals surface area contributed by atoms with E-state index in [1.54, 1.807) is 62.4 Å². The molecule has 4 N–H and O–H groups in total. The fourth-order valence-corrected chi connectivity index (χ4v) is 4.54. The molecule has 0 aliphatic carbocycles. The molecule has 3 aromatic rings. The number of nitrogens with zero attached hydrogens (tertiary/aromatic N) is 2. The second kappa shape index (κ2) is 15.8. The van der Waals surface area contributed by atoms with E-state index in [4.69, 9.17) is 28.9 Å². The Hall–Kier alpha value is -5.74. The van der Waals surface area contributed by atoms with Crippen molar-refractivity contribution >= 4 is 18.2 Å². The van der Waals surface area contributed by atoms with Crippen LogP contribution in [0.3, 0.4) is 0 Å². The van der Waals surface area contributed by atoms with E-state index in [-0.39, 0.29) is 12.2 Å². The molecule has 4 rings (SSSR count). The van der Waals surface area contributed by atoms with Gasteiger partial charge in [-0.2, -0.15) is 10.4 Å². The number of aliphatic hydroxyl groups excluding tert-OH is 1. The van der Waals surface area contributed by atoms with Crippen LogP contribution < -0.4 is 35.0 Å². The molecular formula is C33H35N5O8. The number of rotatable bonds is 14. The summed E-state index contributed by atoms with van der Waals surface area (Å²) >= 11 is 0. The molecule has 0 fully saturated rings.